The first-order chi connectivity index (χ1) is 23.2. The second-order valence-corrected chi connectivity index (χ2v) is 13.0. The van der Waals surface area contributed by atoms with E-state index in [0.29, 0.717) is 59.0 Å². The molecule has 1 amide bonds. The fraction of sp³-hybridized carbons (Fsp3) is 0.333. The van der Waals surface area contributed by atoms with E-state index in [4.69, 9.17) is 38.0 Å². The van der Waals surface area contributed by atoms with Crippen LogP contribution >= 0.6 is 23.2 Å². The first kappa shape index (κ1) is 33.7. The number of ether oxygens (including phenoxy) is 1. The van der Waals surface area contributed by atoms with Crippen molar-refractivity contribution in [2.45, 2.75) is 45.3 Å². The van der Waals surface area contributed by atoms with Crippen molar-refractivity contribution in [3.63, 3.8) is 0 Å². The molecule has 3 aromatic heterocycles. The molecule has 250 valence electrons. The van der Waals surface area contributed by atoms with Gasteiger partial charge in [0.1, 0.15) is 11.3 Å². The Morgan fingerprint density at radius 1 is 1.04 bits per heavy atom. The summed E-state index contributed by atoms with van der Waals surface area (Å²) in [6.07, 6.45) is 4.27. The highest BCUT2D eigenvalue weighted by Crippen LogP contribution is 2.42. The summed E-state index contributed by atoms with van der Waals surface area (Å²) in [6.45, 7) is 4.82. The van der Waals surface area contributed by atoms with Gasteiger partial charge in [-0.3, -0.25) is 19.1 Å². The van der Waals surface area contributed by atoms with Gasteiger partial charge in [-0.2, -0.15) is 5.10 Å². The molecule has 1 aliphatic rings. The summed E-state index contributed by atoms with van der Waals surface area (Å²) >= 11 is 14.2. The lowest BCUT2D eigenvalue weighted by Gasteiger charge is -2.16. The molecule has 12 heteroatoms. The van der Waals surface area contributed by atoms with Gasteiger partial charge in [-0.05, 0) is 38.6 Å². The van der Waals surface area contributed by atoms with Gasteiger partial charge in [0.2, 0.25) is 11.8 Å². The second kappa shape index (κ2) is 14.5. The number of nitrogens with zero attached hydrogens (tertiary/aromatic N) is 5. The number of carbonyl (C=O) groups excluding carboxylic acids is 1. The van der Waals surface area contributed by atoms with Crippen molar-refractivity contribution < 1.29 is 9.53 Å². The fourth-order valence-electron chi connectivity index (χ4n) is 6.20. The van der Waals surface area contributed by atoms with Crippen LogP contribution in [0.3, 0.4) is 0 Å². The quantitative estimate of drug-likeness (QED) is 0.167. The summed E-state index contributed by atoms with van der Waals surface area (Å²) in [5.41, 5.74) is 5.72. The van der Waals surface area contributed by atoms with Crippen LogP contribution in [-0.2, 0) is 24.9 Å². The lowest BCUT2D eigenvalue weighted by Crippen LogP contribution is -2.35. The molecule has 2 aromatic carbocycles. The number of amides is 1. The molecule has 2 N–H and O–H groups in total. The number of carbonyl (C=O) groups is 1. The van der Waals surface area contributed by atoms with Crippen molar-refractivity contribution in [3.8, 4) is 39.4 Å². The van der Waals surface area contributed by atoms with Gasteiger partial charge in [0.15, 0.2) is 0 Å². The highest BCUT2D eigenvalue weighted by Gasteiger charge is 2.21. The molecule has 0 saturated carbocycles. The normalized spacial score (nSPS) is 14.6. The van der Waals surface area contributed by atoms with Crippen LogP contribution in [0.1, 0.15) is 37.6 Å². The molecule has 1 saturated heterocycles. The number of hydrogen-bond acceptors (Lipinski definition) is 7. The molecule has 1 aliphatic heterocycles. The smallest absolute Gasteiger partial charge is 0.277 e. The minimum Gasteiger partial charge on any atom is -0.481 e. The molecule has 10 nitrogen and oxygen atoms in total. The fourth-order valence-corrected chi connectivity index (χ4v) is 6.87. The van der Waals surface area contributed by atoms with Gasteiger partial charge in [-0.1, -0.05) is 72.6 Å². The van der Waals surface area contributed by atoms with Crippen molar-refractivity contribution >= 4 is 34.6 Å². The number of methoxy groups -OCH3 is 1. The first-order valence-corrected chi connectivity index (χ1v) is 16.8. The lowest BCUT2D eigenvalue weighted by molar-refractivity contribution is -0.119. The maximum Gasteiger partial charge on any atom is 0.277 e. The van der Waals surface area contributed by atoms with Crippen molar-refractivity contribution in [1.29, 1.82) is 0 Å². The number of fused-ring (bicyclic) bond motifs is 1. The Hall–Kier alpha value is -4.22. The van der Waals surface area contributed by atoms with Gasteiger partial charge in [-0.25, -0.2) is 9.50 Å². The van der Waals surface area contributed by atoms with Crippen LogP contribution in [0, 0.1) is 0 Å². The minimum absolute atomic E-state index is 0.0976. The second-order valence-electron chi connectivity index (χ2n) is 12.2. The minimum atomic E-state index is -0.119. The Balaban J connectivity index is 1.29. The van der Waals surface area contributed by atoms with E-state index in [0.717, 1.165) is 52.8 Å². The molecular weight excluding hydrogens is 649 g/mol. The van der Waals surface area contributed by atoms with E-state index in [1.165, 1.54) is 0 Å². The SMILES string of the molecule is CCCN(C)Cc1nn2cc(-c3cccc(-c4cccc(-c5ccc(CNC[C@@H]6CCC(=O)N6)c(OC)n5)c4Cl)c3Cl)cc2c(=O)n1C. The van der Waals surface area contributed by atoms with Crippen LogP contribution in [0.2, 0.25) is 10.0 Å². The molecular formula is C36H39Cl2N7O3. The maximum absolute atomic E-state index is 13.3. The van der Waals surface area contributed by atoms with Gasteiger partial charge in [-0.15, -0.1) is 0 Å². The molecule has 0 bridgehead atoms. The zero-order valence-electron chi connectivity index (χ0n) is 27.5. The van der Waals surface area contributed by atoms with Crippen LogP contribution in [0.25, 0.3) is 39.0 Å². The van der Waals surface area contributed by atoms with Crippen LogP contribution < -0.4 is 20.9 Å². The van der Waals surface area contributed by atoms with Crippen LogP contribution in [0.4, 0.5) is 0 Å². The molecule has 5 aromatic rings. The first-order valence-electron chi connectivity index (χ1n) is 16.1. The lowest BCUT2D eigenvalue weighted by atomic mass is 9.97. The summed E-state index contributed by atoms with van der Waals surface area (Å²) in [4.78, 5) is 31.8. The summed E-state index contributed by atoms with van der Waals surface area (Å²) in [6, 6.07) is 17.4. The molecule has 0 spiro atoms. The number of hydrogen-bond donors (Lipinski definition) is 2. The molecule has 4 heterocycles. The van der Waals surface area contributed by atoms with E-state index >= 15 is 0 Å². The van der Waals surface area contributed by atoms with E-state index in [9.17, 15) is 9.59 Å². The van der Waals surface area contributed by atoms with Gasteiger partial charge in [0.25, 0.3) is 5.56 Å². The van der Waals surface area contributed by atoms with Gasteiger partial charge < -0.3 is 15.4 Å². The number of aromatic nitrogens is 4. The standard InChI is InChI=1S/C36H39Cl2N7O3/c1-5-16-43(2)21-31-42-45-20-23(17-30(45)36(47)44(31)3)25-8-6-9-26(33(25)37)27-10-7-11-28(34(27)38)29-14-12-22(35(41-29)48-4)18-39-19-24-13-15-32(46)40-24/h6-12,14,17,20,24,39H,5,13,15-16,18-19,21H2,1-4H3,(H,40,46)/t24-/m0/s1. The Bertz CT molecular complexity index is 2040. The third kappa shape index (κ3) is 6.84. The Morgan fingerprint density at radius 3 is 2.44 bits per heavy atom. The number of nitrogens with one attached hydrogen (secondary N) is 2. The summed E-state index contributed by atoms with van der Waals surface area (Å²) in [7, 11) is 5.37. The molecule has 0 aliphatic carbocycles. The highest BCUT2D eigenvalue weighted by molar-refractivity contribution is 6.39. The summed E-state index contributed by atoms with van der Waals surface area (Å²) in [5, 5.41) is 12.2. The average molecular weight is 689 g/mol. The van der Waals surface area contributed by atoms with E-state index in [2.05, 4.69) is 22.5 Å². The van der Waals surface area contributed by atoms with E-state index < -0.39 is 0 Å². The predicted molar refractivity (Wildman–Crippen MR) is 191 cm³/mol. The molecule has 6 rings (SSSR count). The number of pyridine rings is 1. The Labute approximate surface area is 289 Å². The summed E-state index contributed by atoms with van der Waals surface area (Å²) in [5.74, 6) is 1.28. The maximum atomic E-state index is 13.3. The van der Waals surface area contributed by atoms with Crippen molar-refractivity contribution in [1.82, 2.24) is 34.7 Å². The van der Waals surface area contributed by atoms with Crippen LogP contribution in [-0.4, -0.2) is 63.3 Å². The number of halogens is 2. The van der Waals surface area contributed by atoms with Crippen molar-refractivity contribution in [2.75, 3.05) is 27.2 Å². The third-order valence-electron chi connectivity index (χ3n) is 8.75. The van der Waals surface area contributed by atoms with Gasteiger partial charge in [0.05, 0.1) is 29.4 Å². The predicted octanol–water partition coefficient (Wildman–Crippen LogP) is 5.95. The van der Waals surface area contributed by atoms with E-state index in [1.54, 1.807) is 23.2 Å². The zero-order chi connectivity index (χ0) is 33.9. The van der Waals surface area contributed by atoms with Gasteiger partial charge >= 0.3 is 0 Å². The van der Waals surface area contributed by atoms with E-state index in [1.807, 2.05) is 67.8 Å². The summed E-state index contributed by atoms with van der Waals surface area (Å²) < 4.78 is 8.90. The average Bonchev–Trinajstić information content (AvgIpc) is 3.70. The largest absolute Gasteiger partial charge is 0.481 e. The van der Waals surface area contributed by atoms with Crippen molar-refractivity contribution in [2.24, 2.45) is 7.05 Å². The Morgan fingerprint density at radius 2 is 1.75 bits per heavy atom. The van der Waals surface area contributed by atoms with E-state index in [-0.39, 0.29) is 17.5 Å². The number of rotatable bonds is 12. The molecule has 48 heavy (non-hydrogen) atoms. The highest BCUT2D eigenvalue weighted by atomic mass is 35.5. The molecule has 1 fully saturated rings. The van der Waals surface area contributed by atoms with Crippen LogP contribution in [0.5, 0.6) is 5.88 Å². The molecule has 0 radical (unpaired) electrons. The topological polar surface area (TPSA) is 106 Å². The molecule has 0 unspecified atom stereocenters. The molecule has 1 atom stereocenters. The van der Waals surface area contributed by atoms with Gasteiger partial charge in [0, 0.05) is 72.2 Å². The zero-order valence-corrected chi connectivity index (χ0v) is 29.0. The third-order valence-corrected chi connectivity index (χ3v) is 9.56. The van der Waals surface area contributed by atoms with Crippen molar-refractivity contribution in [3.05, 3.63) is 92.6 Å². The Kier molecular flexibility index (Phi) is 10.2. The number of benzene rings is 2. The monoisotopic (exact) mass is 687 g/mol. The van der Waals surface area contributed by atoms with Crippen LogP contribution in [0.15, 0.2) is 65.6 Å².